The molecule has 0 amide bonds. The van der Waals surface area contributed by atoms with Crippen molar-refractivity contribution in [3.8, 4) is 33.4 Å². The summed E-state index contributed by atoms with van der Waals surface area (Å²) < 4.78 is 13.2. The minimum Gasteiger partial charge on any atom is -0.455 e. The normalized spacial score (nSPS) is 13.3. The molecule has 2 aromatic heterocycles. The van der Waals surface area contributed by atoms with E-state index < -0.39 is 0 Å². The predicted octanol–water partition coefficient (Wildman–Crippen LogP) is 17.2. The quantitative estimate of drug-likeness (QED) is 0.161. The highest BCUT2D eigenvalue weighted by Gasteiger charge is 2.44. The molecule has 0 N–H and O–H groups in total. The van der Waals surface area contributed by atoms with Crippen LogP contribution in [0.15, 0.2) is 221 Å². The molecule has 0 spiro atoms. The summed E-state index contributed by atoms with van der Waals surface area (Å²) in [5.74, 6) is 0. The van der Waals surface area contributed by atoms with E-state index in [0.717, 1.165) is 88.6 Å². The Morgan fingerprint density at radius 1 is 0.342 bits per heavy atom. The van der Waals surface area contributed by atoms with E-state index in [9.17, 15) is 0 Å². The molecule has 0 unspecified atom stereocenters. The fourth-order valence-electron chi connectivity index (χ4n) is 11.9. The molecule has 12 aromatic rings. The van der Waals surface area contributed by atoms with Gasteiger partial charge in [-0.1, -0.05) is 193 Å². The SMILES string of the molecule is CC(C)(C)c1ccc2c(c1)B1c3ccc(C(C)(C)C)cc3N(c3ccc(-c4cccc5c4oc4ccccc45)cc3-c3ccccc3)c3cccc(c31)N2c1ccc(-c2cccc3c2oc2ccccc23)cc1. The van der Waals surface area contributed by atoms with Crippen molar-refractivity contribution >= 4 is 101 Å². The van der Waals surface area contributed by atoms with Crippen LogP contribution in [0.1, 0.15) is 52.7 Å². The average molecular weight is 941 g/mol. The van der Waals surface area contributed by atoms with Gasteiger partial charge >= 0.3 is 0 Å². The van der Waals surface area contributed by atoms with E-state index in [4.69, 9.17) is 8.83 Å². The molecule has 73 heavy (non-hydrogen) atoms. The van der Waals surface area contributed by atoms with Gasteiger partial charge in [0.15, 0.2) is 0 Å². The zero-order valence-corrected chi connectivity index (χ0v) is 42.0. The van der Waals surface area contributed by atoms with Gasteiger partial charge in [-0.15, -0.1) is 0 Å². The molecular formula is C68H53BN2O2. The van der Waals surface area contributed by atoms with Crippen molar-refractivity contribution in [2.75, 3.05) is 9.80 Å². The first-order valence-electron chi connectivity index (χ1n) is 25.6. The Labute approximate surface area is 426 Å². The number of fused-ring (bicyclic) bond motifs is 10. The van der Waals surface area contributed by atoms with Crippen LogP contribution in [-0.2, 0) is 10.8 Å². The molecule has 10 aromatic carbocycles. The van der Waals surface area contributed by atoms with Crippen molar-refractivity contribution in [3.63, 3.8) is 0 Å². The Bertz CT molecular complexity index is 4190. The van der Waals surface area contributed by atoms with Gasteiger partial charge in [0, 0.05) is 66.7 Å². The Balaban J connectivity index is 0.995. The molecule has 2 aliphatic heterocycles. The van der Waals surface area contributed by atoms with Crippen LogP contribution in [0.2, 0.25) is 0 Å². The van der Waals surface area contributed by atoms with E-state index in [0.29, 0.717) is 0 Å². The molecule has 0 atom stereocenters. The Hall–Kier alpha value is -8.54. The lowest BCUT2D eigenvalue weighted by Gasteiger charge is -2.45. The lowest BCUT2D eigenvalue weighted by molar-refractivity contribution is 0.590. The maximum Gasteiger partial charge on any atom is 0.252 e. The summed E-state index contributed by atoms with van der Waals surface area (Å²) in [6, 6.07) is 78.1. The lowest BCUT2D eigenvalue weighted by atomic mass is 9.33. The van der Waals surface area contributed by atoms with Crippen molar-refractivity contribution in [3.05, 3.63) is 223 Å². The van der Waals surface area contributed by atoms with Crippen LogP contribution >= 0.6 is 0 Å². The molecule has 4 heterocycles. The molecule has 2 aliphatic rings. The highest BCUT2D eigenvalue weighted by Crippen LogP contribution is 2.49. The Kier molecular flexibility index (Phi) is 9.47. The maximum absolute atomic E-state index is 6.65. The van der Waals surface area contributed by atoms with Gasteiger partial charge in [0.2, 0.25) is 0 Å². The Morgan fingerprint density at radius 2 is 0.863 bits per heavy atom. The van der Waals surface area contributed by atoms with Crippen LogP contribution in [0.4, 0.5) is 34.1 Å². The summed E-state index contributed by atoms with van der Waals surface area (Å²) in [6.45, 7) is 13.9. The molecule has 0 saturated carbocycles. The summed E-state index contributed by atoms with van der Waals surface area (Å²) >= 11 is 0. The van der Waals surface area contributed by atoms with E-state index >= 15 is 0 Å². The van der Waals surface area contributed by atoms with Crippen molar-refractivity contribution in [1.29, 1.82) is 0 Å². The smallest absolute Gasteiger partial charge is 0.252 e. The molecule has 0 bridgehead atoms. The molecule has 5 heteroatoms. The number of benzene rings is 10. The first kappa shape index (κ1) is 43.3. The molecule has 4 nitrogen and oxygen atoms in total. The standard InChI is InChI=1S/C68H53BN2O2/c1-67(2,3)45-33-38-58-56(40-45)69-55-36-32-46(68(4,5)6)41-61(55)71(57-37-31-44(39-54(57)42-17-8-7-9-18-42)49-22-15-24-53-51-20-11-13-28-63(51)73-66(49)53)60-26-16-25-59(64(60)69)70(58)47-34-29-43(30-35-47)48-21-14-23-52-50-19-10-12-27-62(50)72-65(48)52/h7-41H,1-6H3. The summed E-state index contributed by atoms with van der Waals surface area (Å²) in [6.07, 6.45) is 0. The summed E-state index contributed by atoms with van der Waals surface area (Å²) in [5.41, 5.74) is 23.7. The summed E-state index contributed by atoms with van der Waals surface area (Å²) in [4.78, 5) is 5.08. The maximum atomic E-state index is 6.65. The third-order valence-corrected chi connectivity index (χ3v) is 15.6. The molecule has 0 aliphatic carbocycles. The van der Waals surface area contributed by atoms with Crippen molar-refractivity contribution < 1.29 is 8.83 Å². The number of furan rings is 2. The van der Waals surface area contributed by atoms with Crippen LogP contribution < -0.4 is 26.2 Å². The van der Waals surface area contributed by atoms with Crippen LogP contribution in [0.25, 0.3) is 77.3 Å². The monoisotopic (exact) mass is 940 g/mol. The minimum absolute atomic E-state index is 0.0184. The van der Waals surface area contributed by atoms with Crippen LogP contribution in [-0.4, -0.2) is 6.71 Å². The number of hydrogen-bond acceptors (Lipinski definition) is 4. The topological polar surface area (TPSA) is 32.8 Å². The van der Waals surface area contributed by atoms with E-state index in [1.165, 1.54) is 50.3 Å². The van der Waals surface area contributed by atoms with E-state index in [-0.39, 0.29) is 17.5 Å². The Morgan fingerprint density at radius 3 is 1.52 bits per heavy atom. The highest BCUT2D eigenvalue weighted by atomic mass is 16.3. The zero-order valence-electron chi connectivity index (χ0n) is 42.0. The molecule has 14 rings (SSSR count). The number of hydrogen-bond donors (Lipinski definition) is 0. The van der Waals surface area contributed by atoms with Gasteiger partial charge in [-0.25, -0.2) is 0 Å². The van der Waals surface area contributed by atoms with Crippen molar-refractivity contribution in [1.82, 2.24) is 0 Å². The second-order valence-corrected chi connectivity index (χ2v) is 22.1. The van der Waals surface area contributed by atoms with E-state index in [2.05, 4.69) is 252 Å². The van der Waals surface area contributed by atoms with Gasteiger partial charge in [-0.2, -0.15) is 0 Å². The number of anilines is 6. The fourth-order valence-corrected chi connectivity index (χ4v) is 11.9. The van der Waals surface area contributed by atoms with Gasteiger partial charge in [0.25, 0.3) is 6.71 Å². The van der Waals surface area contributed by atoms with Gasteiger partial charge in [-0.3, -0.25) is 0 Å². The number of rotatable bonds is 5. The summed E-state index contributed by atoms with van der Waals surface area (Å²) in [5, 5.41) is 4.52. The van der Waals surface area contributed by atoms with Gasteiger partial charge < -0.3 is 18.6 Å². The van der Waals surface area contributed by atoms with Crippen molar-refractivity contribution in [2.24, 2.45) is 0 Å². The fraction of sp³-hybridized carbons (Fsp3) is 0.118. The minimum atomic E-state index is -0.0804. The third kappa shape index (κ3) is 6.75. The summed E-state index contributed by atoms with van der Waals surface area (Å²) in [7, 11) is 0. The molecule has 0 saturated heterocycles. The third-order valence-electron chi connectivity index (χ3n) is 15.6. The number of para-hydroxylation sites is 4. The first-order chi connectivity index (χ1) is 35.5. The zero-order chi connectivity index (χ0) is 49.3. The van der Waals surface area contributed by atoms with E-state index in [1.54, 1.807) is 0 Å². The highest BCUT2D eigenvalue weighted by molar-refractivity contribution is 7.00. The second-order valence-electron chi connectivity index (χ2n) is 22.1. The van der Waals surface area contributed by atoms with Crippen molar-refractivity contribution in [2.45, 2.75) is 52.4 Å². The average Bonchev–Trinajstić information content (AvgIpc) is 4.00. The van der Waals surface area contributed by atoms with Crippen LogP contribution in [0, 0.1) is 0 Å². The van der Waals surface area contributed by atoms with E-state index in [1.807, 2.05) is 12.1 Å². The van der Waals surface area contributed by atoms with Gasteiger partial charge in [0.05, 0.1) is 5.69 Å². The first-order valence-corrected chi connectivity index (χ1v) is 25.6. The molecule has 0 radical (unpaired) electrons. The van der Waals surface area contributed by atoms with Gasteiger partial charge in [0.1, 0.15) is 22.3 Å². The second kappa shape index (κ2) is 16.0. The molecular weight excluding hydrogens is 888 g/mol. The van der Waals surface area contributed by atoms with Crippen LogP contribution in [0.3, 0.4) is 0 Å². The number of nitrogens with zero attached hydrogens (tertiary/aromatic N) is 2. The lowest BCUT2D eigenvalue weighted by Crippen LogP contribution is -2.61. The predicted molar refractivity (Wildman–Crippen MR) is 309 cm³/mol. The molecule has 0 fully saturated rings. The van der Waals surface area contributed by atoms with Crippen LogP contribution in [0.5, 0.6) is 0 Å². The largest absolute Gasteiger partial charge is 0.455 e. The van der Waals surface area contributed by atoms with Gasteiger partial charge in [-0.05, 0) is 116 Å². The molecule has 350 valence electrons.